The van der Waals surface area contributed by atoms with Gasteiger partial charge < -0.3 is 13.9 Å². The molecule has 292 valence electrons. The fourth-order valence-corrected chi connectivity index (χ4v) is 10.6. The molecule has 0 fully saturated rings. The Bertz CT molecular complexity index is 3680. The highest BCUT2D eigenvalue weighted by Crippen LogP contribution is 2.51. The molecular weight excluding hydrogens is 753 g/mol. The third kappa shape index (κ3) is 5.06. The topological polar surface area (TPSA) is 21.3 Å². The summed E-state index contributed by atoms with van der Waals surface area (Å²) in [5.74, 6) is 0. The highest BCUT2D eigenvalue weighted by molar-refractivity contribution is 6.28. The van der Waals surface area contributed by atoms with Crippen LogP contribution in [-0.4, -0.2) is 4.57 Å². The van der Waals surface area contributed by atoms with Crippen LogP contribution in [0.3, 0.4) is 0 Å². The summed E-state index contributed by atoms with van der Waals surface area (Å²) in [6.07, 6.45) is 0. The fourth-order valence-electron chi connectivity index (χ4n) is 10.6. The predicted octanol–water partition coefficient (Wildman–Crippen LogP) is 16.4. The van der Waals surface area contributed by atoms with Gasteiger partial charge in [-0.3, -0.25) is 0 Å². The molecule has 13 rings (SSSR count). The zero-order valence-electron chi connectivity index (χ0n) is 34.4. The number of nitrogens with zero attached hydrogens (tertiary/aromatic N) is 2. The standard InChI is InChI=1S/C59H40N2O/c1-59(2)51-17-9-7-15-47(51)48-31-29-44(36-52(48)59)60(43-30-34-56-50(35-43)49-16-8-10-18-55(49)62-56)41-25-19-37(20-26-41)38-21-27-42(28-22-38)61-53-32-23-39-11-3-5-13-45(39)57(53)58-46-14-6-4-12-40(46)24-33-54(58)61/h3-36H,1-2H3. The quantitative estimate of drug-likeness (QED) is 0.173. The van der Waals surface area contributed by atoms with E-state index in [1.807, 2.05) is 12.1 Å². The summed E-state index contributed by atoms with van der Waals surface area (Å²) in [6, 6.07) is 75.5. The lowest BCUT2D eigenvalue weighted by molar-refractivity contribution is 0.660. The van der Waals surface area contributed by atoms with Crippen molar-refractivity contribution in [3.63, 3.8) is 0 Å². The molecule has 12 aromatic rings. The van der Waals surface area contributed by atoms with Crippen molar-refractivity contribution in [1.82, 2.24) is 4.57 Å². The molecule has 0 unspecified atom stereocenters. The van der Waals surface area contributed by atoms with Gasteiger partial charge in [-0.05, 0) is 128 Å². The second kappa shape index (κ2) is 13.1. The van der Waals surface area contributed by atoms with E-state index in [1.54, 1.807) is 0 Å². The molecule has 0 N–H and O–H groups in total. The molecule has 0 atom stereocenters. The number of anilines is 3. The Hall–Kier alpha value is -7.88. The molecule has 0 saturated heterocycles. The molecule has 3 nitrogen and oxygen atoms in total. The minimum Gasteiger partial charge on any atom is -0.456 e. The normalized spacial score (nSPS) is 13.1. The average Bonchev–Trinajstić information content (AvgIpc) is 3.95. The first kappa shape index (κ1) is 34.9. The van der Waals surface area contributed by atoms with Gasteiger partial charge in [0.15, 0.2) is 0 Å². The Morgan fingerprint density at radius 1 is 0.403 bits per heavy atom. The molecule has 1 aliphatic rings. The fraction of sp³-hybridized carbons (Fsp3) is 0.0508. The summed E-state index contributed by atoms with van der Waals surface area (Å²) in [6.45, 7) is 4.70. The molecule has 0 amide bonds. The van der Waals surface area contributed by atoms with Crippen LogP contribution in [0.4, 0.5) is 17.1 Å². The van der Waals surface area contributed by atoms with Crippen LogP contribution in [0, 0.1) is 0 Å². The van der Waals surface area contributed by atoms with Crippen LogP contribution in [0.5, 0.6) is 0 Å². The van der Waals surface area contributed by atoms with Gasteiger partial charge in [-0.15, -0.1) is 0 Å². The van der Waals surface area contributed by atoms with Gasteiger partial charge in [0.1, 0.15) is 11.2 Å². The molecular formula is C59H40N2O. The van der Waals surface area contributed by atoms with Crippen LogP contribution in [-0.2, 0) is 5.41 Å². The molecule has 62 heavy (non-hydrogen) atoms. The second-order valence-corrected chi connectivity index (χ2v) is 17.3. The van der Waals surface area contributed by atoms with Gasteiger partial charge in [-0.25, -0.2) is 0 Å². The molecule has 1 aliphatic carbocycles. The smallest absolute Gasteiger partial charge is 0.135 e. The monoisotopic (exact) mass is 792 g/mol. The predicted molar refractivity (Wildman–Crippen MR) is 261 cm³/mol. The molecule has 2 aromatic heterocycles. The minimum atomic E-state index is -0.116. The van der Waals surface area contributed by atoms with Crippen molar-refractivity contribution in [2.45, 2.75) is 19.3 Å². The van der Waals surface area contributed by atoms with Crippen LogP contribution >= 0.6 is 0 Å². The van der Waals surface area contributed by atoms with Crippen LogP contribution in [0.2, 0.25) is 0 Å². The van der Waals surface area contributed by atoms with E-state index in [4.69, 9.17) is 4.42 Å². The van der Waals surface area contributed by atoms with E-state index in [1.165, 1.54) is 76.7 Å². The maximum atomic E-state index is 6.28. The average molecular weight is 793 g/mol. The number of para-hydroxylation sites is 1. The number of aromatic nitrogens is 1. The summed E-state index contributed by atoms with van der Waals surface area (Å²) in [4.78, 5) is 2.39. The summed E-state index contributed by atoms with van der Waals surface area (Å²) < 4.78 is 8.71. The highest BCUT2D eigenvalue weighted by Gasteiger charge is 2.35. The van der Waals surface area contributed by atoms with E-state index in [0.717, 1.165) is 44.7 Å². The number of rotatable bonds is 5. The first-order valence-corrected chi connectivity index (χ1v) is 21.5. The van der Waals surface area contributed by atoms with Crippen molar-refractivity contribution < 1.29 is 4.42 Å². The molecule has 0 aliphatic heterocycles. The summed E-state index contributed by atoms with van der Waals surface area (Å²) in [7, 11) is 0. The molecule has 2 heterocycles. The summed E-state index contributed by atoms with van der Waals surface area (Å²) >= 11 is 0. The Balaban J connectivity index is 0.916. The molecule has 0 spiro atoms. The molecule has 10 aromatic carbocycles. The maximum Gasteiger partial charge on any atom is 0.135 e. The van der Waals surface area contributed by atoms with Gasteiger partial charge in [-0.2, -0.15) is 0 Å². The van der Waals surface area contributed by atoms with Crippen molar-refractivity contribution in [1.29, 1.82) is 0 Å². The number of furan rings is 1. The van der Waals surface area contributed by atoms with Gasteiger partial charge in [0.25, 0.3) is 0 Å². The summed E-state index contributed by atoms with van der Waals surface area (Å²) in [5.41, 5.74) is 16.3. The van der Waals surface area contributed by atoms with Crippen LogP contribution in [0.1, 0.15) is 25.0 Å². The zero-order valence-corrected chi connectivity index (χ0v) is 34.4. The molecule has 0 bridgehead atoms. The van der Waals surface area contributed by atoms with E-state index < -0.39 is 0 Å². The Morgan fingerprint density at radius 3 is 1.65 bits per heavy atom. The van der Waals surface area contributed by atoms with Gasteiger partial charge in [0.2, 0.25) is 0 Å². The van der Waals surface area contributed by atoms with E-state index in [9.17, 15) is 0 Å². The lowest BCUT2D eigenvalue weighted by Crippen LogP contribution is -2.16. The highest BCUT2D eigenvalue weighted by atomic mass is 16.3. The van der Waals surface area contributed by atoms with E-state index in [-0.39, 0.29) is 5.41 Å². The van der Waals surface area contributed by atoms with Crippen molar-refractivity contribution >= 4 is 82.4 Å². The van der Waals surface area contributed by atoms with Gasteiger partial charge in [0, 0.05) is 49.7 Å². The van der Waals surface area contributed by atoms with Crippen LogP contribution in [0.15, 0.2) is 211 Å². The van der Waals surface area contributed by atoms with Crippen molar-refractivity contribution in [2.24, 2.45) is 0 Å². The third-order valence-electron chi connectivity index (χ3n) is 13.6. The summed E-state index contributed by atoms with van der Waals surface area (Å²) in [5, 5.41) is 9.90. The van der Waals surface area contributed by atoms with E-state index >= 15 is 0 Å². The van der Waals surface area contributed by atoms with E-state index in [0.29, 0.717) is 0 Å². The number of benzene rings is 10. The van der Waals surface area contributed by atoms with Gasteiger partial charge in [0.05, 0.1) is 11.0 Å². The minimum absolute atomic E-state index is 0.116. The second-order valence-electron chi connectivity index (χ2n) is 17.3. The van der Waals surface area contributed by atoms with Gasteiger partial charge in [-0.1, -0.05) is 147 Å². The lowest BCUT2D eigenvalue weighted by Gasteiger charge is -2.28. The Morgan fingerprint density at radius 2 is 0.935 bits per heavy atom. The van der Waals surface area contributed by atoms with Gasteiger partial charge >= 0.3 is 0 Å². The number of fused-ring (bicyclic) bond motifs is 13. The molecule has 0 saturated carbocycles. The van der Waals surface area contributed by atoms with Crippen molar-refractivity contribution in [3.8, 4) is 27.9 Å². The first-order chi connectivity index (χ1) is 30.5. The Labute approximate surface area is 359 Å². The number of hydrogen-bond donors (Lipinski definition) is 0. The van der Waals surface area contributed by atoms with E-state index in [2.05, 4.69) is 217 Å². The largest absolute Gasteiger partial charge is 0.456 e. The first-order valence-electron chi connectivity index (χ1n) is 21.5. The maximum absolute atomic E-state index is 6.28. The Kier molecular flexibility index (Phi) is 7.36. The SMILES string of the molecule is CC1(C)c2ccccc2-c2ccc(N(c3ccc(-c4ccc(-n5c6ccc7ccccc7c6c6c7ccccc7ccc65)cc4)cc3)c3ccc4oc5ccccc5c4c3)cc21. The molecule has 0 radical (unpaired) electrons. The lowest BCUT2D eigenvalue weighted by atomic mass is 9.82. The number of hydrogen-bond acceptors (Lipinski definition) is 2. The van der Waals surface area contributed by atoms with Crippen molar-refractivity contribution in [2.75, 3.05) is 4.90 Å². The molecule has 3 heteroatoms. The zero-order chi connectivity index (χ0) is 41.1. The van der Waals surface area contributed by atoms with Crippen LogP contribution < -0.4 is 4.90 Å². The van der Waals surface area contributed by atoms with Crippen molar-refractivity contribution in [3.05, 3.63) is 217 Å². The van der Waals surface area contributed by atoms with Crippen LogP contribution in [0.25, 0.3) is 93.2 Å². The third-order valence-corrected chi connectivity index (χ3v) is 13.6.